The van der Waals surface area contributed by atoms with Gasteiger partial charge in [0.25, 0.3) is 5.91 Å². The number of anilines is 2. The molecule has 5 rings (SSSR count). The highest BCUT2D eigenvalue weighted by atomic mass is 79.9. The molecule has 1 amide bonds. The summed E-state index contributed by atoms with van der Waals surface area (Å²) in [7, 11) is 1.65. The van der Waals surface area contributed by atoms with Crippen molar-refractivity contribution in [3.63, 3.8) is 0 Å². The molecule has 1 aliphatic rings. The van der Waals surface area contributed by atoms with E-state index in [-0.39, 0.29) is 18.1 Å². The fraction of sp³-hybridized carbons (Fsp3) is 0.357. The van der Waals surface area contributed by atoms with Crippen molar-refractivity contribution in [2.45, 2.75) is 38.9 Å². The molecule has 10 heteroatoms. The van der Waals surface area contributed by atoms with E-state index in [2.05, 4.69) is 31.5 Å². The Labute approximate surface area is 234 Å². The van der Waals surface area contributed by atoms with E-state index < -0.39 is 0 Å². The number of thiophene rings is 1. The number of carbonyl (C=O) groups is 1. The van der Waals surface area contributed by atoms with Gasteiger partial charge < -0.3 is 29.2 Å². The molecule has 3 aromatic heterocycles. The van der Waals surface area contributed by atoms with Crippen LogP contribution >= 0.6 is 27.3 Å². The minimum Gasteiger partial charge on any atom is -0.496 e. The number of para-hydroxylation sites is 1. The molecular weight excluding hydrogens is 568 g/mol. The Kier molecular flexibility index (Phi) is 8.32. The number of imidazole rings is 1. The number of halogens is 1. The number of aryl methyl sites for hydroxylation is 1. The maximum absolute atomic E-state index is 13.7. The maximum atomic E-state index is 13.7. The zero-order valence-corrected chi connectivity index (χ0v) is 24.0. The van der Waals surface area contributed by atoms with Gasteiger partial charge in [0.05, 0.1) is 28.3 Å². The summed E-state index contributed by atoms with van der Waals surface area (Å²) in [5.41, 5.74) is 5.10. The number of nitrogens with one attached hydrogen (secondary N) is 2. The highest BCUT2D eigenvalue weighted by molar-refractivity contribution is 9.11. The van der Waals surface area contributed by atoms with Gasteiger partial charge in [0.2, 0.25) is 0 Å². The number of benzene rings is 1. The third kappa shape index (κ3) is 5.58. The Morgan fingerprint density at radius 2 is 2.03 bits per heavy atom. The second-order valence-electron chi connectivity index (χ2n) is 9.25. The van der Waals surface area contributed by atoms with Gasteiger partial charge in [-0.1, -0.05) is 18.2 Å². The van der Waals surface area contributed by atoms with Gasteiger partial charge in [-0.25, -0.2) is 4.98 Å². The molecule has 1 aromatic carbocycles. The predicted molar refractivity (Wildman–Crippen MR) is 153 cm³/mol. The van der Waals surface area contributed by atoms with E-state index >= 15 is 0 Å². The van der Waals surface area contributed by atoms with E-state index in [1.54, 1.807) is 13.3 Å². The normalized spacial score (nSPS) is 14.9. The first-order chi connectivity index (χ1) is 18.5. The van der Waals surface area contributed by atoms with Gasteiger partial charge in [0.15, 0.2) is 5.65 Å². The van der Waals surface area contributed by atoms with Crippen molar-refractivity contribution in [3.05, 3.63) is 75.0 Å². The minimum atomic E-state index is -0.363. The Morgan fingerprint density at radius 3 is 2.82 bits per heavy atom. The van der Waals surface area contributed by atoms with E-state index in [0.717, 1.165) is 55.4 Å². The summed E-state index contributed by atoms with van der Waals surface area (Å²) in [5.74, 6) is 0.564. The lowest BCUT2D eigenvalue weighted by Crippen LogP contribution is -2.33. The second kappa shape index (κ2) is 11.9. The van der Waals surface area contributed by atoms with Crippen molar-refractivity contribution in [2.24, 2.45) is 0 Å². The lowest BCUT2D eigenvalue weighted by atomic mass is 10.1. The number of hydrogen-bond acceptors (Lipinski definition) is 7. The van der Waals surface area contributed by atoms with Crippen molar-refractivity contribution in [3.8, 4) is 5.75 Å². The number of carbonyl (C=O) groups excluding carboxylic acids is 1. The van der Waals surface area contributed by atoms with Gasteiger partial charge >= 0.3 is 0 Å². The van der Waals surface area contributed by atoms with E-state index in [9.17, 15) is 4.79 Å². The average molecular weight is 600 g/mol. The molecule has 1 saturated heterocycles. The van der Waals surface area contributed by atoms with Gasteiger partial charge in [-0.3, -0.25) is 4.79 Å². The Balaban J connectivity index is 1.40. The Hall–Kier alpha value is -2.92. The van der Waals surface area contributed by atoms with Gasteiger partial charge in [0, 0.05) is 43.9 Å². The first-order valence-electron chi connectivity index (χ1n) is 12.6. The highest BCUT2D eigenvalue weighted by Crippen LogP contribution is 2.40. The van der Waals surface area contributed by atoms with Gasteiger partial charge in [-0.2, -0.15) is 0 Å². The molecule has 0 saturated carbocycles. The SMILES string of the molecule is COc1ccccc1C(CNC(=O)c1c(Nc2c(C)ccn3ccnc23)sc(Br)c1C)OC1CCOCC1. The molecule has 0 bridgehead atoms. The molecule has 0 aliphatic carbocycles. The molecule has 1 fully saturated rings. The van der Waals surface area contributed by atoms with Crippen molar-refractivity contribution in [1.29, 1.82) is 0 Å². The monoisotopic (exact) mass is 598 g/mol. The van der Waals surface area contributed by atoms with Crippen LogP contribution in [0.4, 0.5) is 10.7 Å². The van der Waals surface area contributed by atoms with Crippen LogP contribution in [0.5, 0.6) is 5.75 Å². The van der Waals surface area contributed by atoms with Crippen LogP contribution in [-0.4, -0.2) is 48.3 Å². The molecule has 0 spiro atoms. The van der Waals surface area contributed by atoms with Gasteiger partial charge in [-0.05, 0) is 65.9 Å². The van der Waals surface area contributed by atoms with E-state index in [1.807, 2.05) is 61.0 Å². The number of pyridine rings is 1. The molecule has 8 nitrogen and oxygen atoms in total. The summed E-state index contributed by atoms with van der Waals surface area (Å²) < 4.78 is 20.5. The molecule has 1 aliphatic heterocycles. The summed E-state index contributed by atoms with van der Waals surface area (Å²) in [5, 5.41) is 7.39. The Bertz CT molecular complexity index is 1430. The third-order valence-corrected chi connectivity index (χ3v) is 8.86. The molecule has 200 valence electrons. The smallest absolute Gasteiger partial charge is 0.254 e. The summed E-state index contributed by atoms with van der Waals surface area (Å²) in [4.78, 5) is 18.2. The van der Waals surface area contributed by atoms with Crippen molar-refractivity contribution in [2.75, 3.05) is 32.2 Å². The van der Waals surface area contributed by atoms with Crippen LogP contribution in [-0.2, 0) is 9.47 Å². The van der Waals surface area contributed by atoms with Gasteiger partial charge in [0.1, 0.15) is 16.9 Å². The lowest BCUT2D eigenvalue weighted by Gasteiger charge is -2.29. The minimum absolute atomic E-state index is 0.0582. The number of aromatic nitrogens is 2. The van der Waals surface area contributed by atoms with Crippen molar-refractivity contribution >= 4 is 49.5 Å². The fourth-order valence-electron chi connectivity index (χ4n) is 4.68. The molecule has 2 N–H and O–H groups in total. The van der Waals surface area contributed by atoms with Crippen LogP contribution in [0.3, 0.4) is 0 Å². The molecule has 4 aromatic rings. The summed E-state index contributed by atoms with van der Waals surface area (Å²) in [6, 6.07) is 9.82. The first kappa shape index (κ1) is 26.7. The van der Waals surface area contributed by atoms with Crippen LogP contribution in [0.25, 0.3) is 5.65 Å². The van der Waals surface area contributed by atoms with Crippen LogP contribution < -0.4 is 15.4 Å². The quantitative estimate of drug-likeness (QED) is 0.239. The van der Waals surface area contributed by atoms with E-state index in [1.165, 1.54) is 11.3 Å². The largest absolute Gasteiger partial charge is 0.496 e. The number of fused-ring (bicyclic) bond motifs is 1. The number of amides is 1. The molecule has 4 heterocycles. The summed E-state index contributed by atoms with van der Waals surface area (Å²) >= 11 is 5.13. The van der Waals surface area contributed by atoms with Crippen LogP contribution in [0.1, 0.15) is 46.0 Å². The molecule has 1 atom stereocenters. The summed E-state index contributed by atoms with van der Waals surface area (Å²) in [6.07, 6.45) is 6.98. The summed E-state index contributed by atoms with van der Waals surface area (Å²) in [6.45, 7) is 5.63. The maximum Gasteiger partial charge on any atom is 0.254 e. The average Bonchev–Trinajstić information content (AvgIpc) is 3.52. The van der Waals surface area contributed by atoms with E-state index in [0.29, 0.717) is 25.3 Å². The lowest BCUT2D eigenvalue weighted by molar-refractivity contribution is -0.0688. The van der Waals surface area contributed by atoms with Crippen LogP contribution in [0.2, 0.25) is 0 Å². The second-order valence-corrected chi connectivity index (χ2v) is 11.6. The van der Waals surface area contributed by atoms with Crippen LogP contribution in [0.15, 0.2) is 52.7 Å². The van der Waals surface area contributed by atoms with Crippen molar-refractivity contribution in [1.82, 2.24) is 14.7 Å². The van der Waals surface area contributed by atoms with Crippen molar-refractivity contribution < 1.29 is 19.0 Å². The topological polar surface area (TPSA) is 86.1 Å². The van der Waals surface area contributed by atoms with Crippen LogP contribution in [0, 0.1) is 13.8 Å². The number of nitrogens with zero attached hydrogens (tertiary/aromatic N) is 2. The molecule has 38 heavy (non-hydrogen) atoms. The zero-order chi connectivity index (χ0) is 26.6. The standard InChI is InChI=1S/C28H31BrN4O4S/c1-17-8-12-33-13-11-30-26(33)24(17)32-28-23(18(2)25(29)38-28)27(34)31-16-22(37-19-9-14-36-15-10-19)20-6-4-5-7-21(20)35-3/h4-8,11-13,19,22,32H,9-10,14-16H2,1-3H3,(H,31,34). The number of rotatable bonds is 9. The number of ether oxygens (including phenoxy) is 3. The zero-order valence-electron chi connectivity index (χ0n) is 21.6. The molecule has 1 unspecified atom stereocenters. The number of hydrogen-bond donors (Lipinski definition) is 2. The highest BCUT2D eigenvalue weighted by Gasteiger charge is 2.26. The third-order valence-electron chi connectivity index (χ3n) is 6.78. The number of methoxy groups -OCH3 is 1. The Morgan fingerprint density at radius 1 is 1.24 bits per heavy atom. The fourth-order valence-corrected chi connectivity index (χ4v) is 6.30. The first-order valence-corrected chi connectivity index (χ1v) is 14.2. The molecular formula is C28H31BrN4O4S. The van der Waals surface area contributed by atoms with E-state index in [4.69, 9.17) is 14.2 Å². The van der Waals surface area contributed by atoms with Gasteiger partial charge in [-0.15, -0.1) is 11.3 Å². The molecule has 0 radical (unpaired) electrons. The predicted octanol–water partition coefficient (Wildman–Crippen LogP) is 6.19.